The summed E-state index contributed by atoms with van der Waals surface area (Å²) in [4.78, 5) is 0. The Balaban J connectivity index is 0.00000332. The first-order valence-corrected chi connectivity index (χ1v) is 12.1. The number of aryl methyl sites for hydroxylation is 1. The molecule has 0 saturated heterocycles. The standard InChI is InChI=1S/C27H41N3.C2H6.Zr/c1-16-14-25(22(7)18(3)17(16)2)28-12-13-30-27(10,11)15-29-26-23(8)20(5)19(4)21(6)24(26)9;1-2;/h14,30H,12-13,15H2,1-11H3;1-2H3;/q-2;;+2. The van der Waals surface area contributed by atoms with Crippen molar-refractivity contribution in [3.63, 3.8) is 0 Å². The Bertz CT molecular complexity index is 900. The molecule has 0 aliphatic heterocycles. The van der Waals surface area contributed by atoms with Gasteiger partial charge < -0.3 is 16.0 Å². The van der Waals surface area contributed by atoms with Gasteiger partial charge in [-0.05, 0) is 122 Å². The Morgan fingerprint density at radius 2 is 1.12 bits per heavy atom. The van der Waals surface area contributed by atoms with E-state index < -0.39 is 0 Å². The Kier molecular flexibility index (Phi) is 13.2. The quantitative estimate of drug-likeness (QED) is 0.342. The first-order valence-electron chi connectivity index (χ1n) is 12.1. The van der Waals surface area contributed by atoms with Crippen molar-refractivity contribution in [3.05, 3.63) is 66.8 Å². The molecule has 33 heavy (non-hydrogen) atoms. The molecule has 0 radical (unpaired) electrons. The average Bonchev–Trinajstić information content (AvgIpc) is 2.77. The normalized spacial score (nSPS) is 10.8. The van der Waals surface area contributed by atoms with Crippen molar-refractivity contribution >= 4 is 11.4 Å². The van der Waals surface area contributed by atoms with E-state index >= 15 is 0 Å². The SMILES string of the molecule is CC.Cc1cc([N-]CCNC(C)(C)C[N-]c2c(C)c(C)c(C)c(C)c2C)c(C)c(C)c1C.[Zr+2]. The molecular weight excluding hydrogens is 482 g/mol. The molecule has 0 aliphatic carbocycles. The maximum absolute atomic E-state index is 5.03. The molecule has 2 rings (SSSR count). The third-order valence-electron chi connectivity index (χ3n) is 7.04. The van der Waals surface area contributed by atoms with Gasteiger partial charge in [0.25, 0.3) is 0 Å². The van der Waals surface area contributed by atoms with Crippen LogP contribution in [0.3, 0.4) is 0 Å². The molecule has 0 amide bonds. The number of rotatable bonds is 8. The maximum Gasteiger partial charge on any atom is 2.00 e. The van der Waals surface area contributed by atoms with E-state index in [9.17, 15) is 0 Å². The molecule has 0 aromatic heterocycles. The molecule has 1 N–H and O–H groups in total. The van der Waals surface area contributed by atoms with Crippen LogP contribution in [0, 0.1) is 62.3 Å². The Morgan fingerprint density at radius 1 is 0.667 bits per heavy atom. The first-order chi connectivity index (χ1) is 14.9. The number of benzene rings is 2. The van der Waals surface area contributed by atoms with Crippen LogP contribution in [0.15, 0.2) is 6.07 Å². The molecule has 3 nitrogen and oxygen atoms in total. The Hall–Kier alpha value is -1.12. The van der Waals surface area contributed by atoms with E-state index in [0.717, 1.165) is 31.0 Å². The molecular formula is C29H47N3Zr. The van der Waals surface area contributed by atoms with Crippen molar-refractivity contribution in [3.8, 4) is 0 Å². The van der Waals surface area contributed by atoms with Crippen LogP contribution in [0.2, 0.25) is 0 Å². The fourth-order valence-electron chi connectivity index (χ4n) is 3.98. The average molecular weight is 529 g/mol. The molecule has 0 bridgehead atoms. The molecule has 0 spiro atoms. The van der Waals surface area contributed by atoms with Crippen LogP contribution >= 0.6 is 0 Å². The fraction of sp³-hybridized carbons (Fsp3) is 0.586. The largest absolute Gasteiger partial charge is 2.00 e. The number of hydrogen-bond donors (Lipinski definition) is 1. The van der Waals surface area contributed by atoms with Crippen LogP contribution in [-0.2, 0) is 26.2 Å². The zero-order valence-electron chi connectivity index (χ0n) is 23.6. The summed E-state index contributed by atoms with van der Waals surface area (Å²) < 4.78 is 0. The summed E-state index contributed by atoms with van der Waals surface area (Å²) in [5.41, 5.74) is 14.3. The van der Waals surface area contributed by atoms with Gasteiger partial charge >= 0.3 is 26.2 Å². The zero-order chi connectivity index (χ0) is 24.8. The van der Waals surface area contributed by atoms with E-state index in [-0.39, 0.29) is 31.7 Å². The monoisotopic (exact) mass is 527 g/mol. The topological polar surface area (TPSA) is 40.2 Å². The summed E-state index contributed by atoms with van der Waals surface area (Å²) in [6, 6.07) is 2.21. The second kappa shape index (κ2) is 13.7. The van der Waals surface area contributed by atoms with Crippen molar-refractivity contribution in [2.45, 2.75) is 95.5 Å². The molecule has 0 heterocycles. The van der Waals surface area contributed by atoms with Gasteiger partial charge in [-0.2, -0.15) is 0 Å². The summed E-state index contributed by atoms with van der Waals surface area (Å²) in [5, 5.41) is 13.5. The van der Waals surface area contributed by atoms with Crippen LogP contribution in [-0.4, -0.2) is 25.2 Å². The van der Waals surface area contributed by atoms with E-state index in [1.165, 1.54) is 50.1 Å². The van der Waals surface area contributed by atoms with Gasteiger partial charge in [0.05, 0.1) is 0 Å². The fourth-order valence-corrected chi connectivity index (χ4v) is 3.98. The Labute approximate surface area is 224 Å². The molecule has 0 fully saturated rings. The molecule has 2 aromatic rings. The van der Waals surface area contributed by atoms with Crippen LogP contribution in [0.4, 0.5) is 11.4 Å². The van der Waals surface area contributed by atoms with Gasteiger partial charge in [-0.15, -0.1) is 24.5 Å². The zero-order valence-corrected chi connectivity index (χ0v) is 26.1. The summed E-state index contributed by atoms with van der Waals surface area (Å²) in [6.45, 7) is 30.5. The second-order valence-corrected chi connectivity index (χ2v) is 9.57. The second-order valence-electron chi connectivity index (χ2n) is 9.57. The van der Waals surface area contributed by atoms with Crippen molar-refractivity contribution in [1.29, 1.82) is 0 Å². The van der Waals surface area contributed by atoms with Crippen molar-refractivity contribution < 1.29 is 26.2 Å². The minimum absolute atomic E-state index is 0. The summed E-state index contributed by atoms with van der Waals surface area (Å²) >= 11 is 0. The van der Waals surface area contributed by atoms with Gasteiger partial charge in [-0.1, -0.05) is 36.6 Å². The predicted octanol–water partition coefficient (Wildman–Crippen LogP) is 8.56. The summed E-state index contributed by atoms with van der Waals surface area (Å²) in [6.07, 6.45) is 0. The van der Waals surface area contributed by atoms with Gasteiger partial charge in [-0.3, -0.25) is 0 Å². The van der Waals surface area contributed by atoms with Gasteiger partial charge in [0.2, 0.25) is 0 Å². The predicted molar refractivity (Wildman–Crippen MR) is 145 cm³/mol. The van der Waals surface area contributed by atoms with Crippen molar-refractivity contribution in [2.24, 2.45) is 0 Å². The number of nitrogens with zero attached hydrogens (tertiary/aromatic N) is 2. The number of hydrogen-bond acceptors (Lipinski definition) is 1. The smallest absolute Gasteiger partial charge is 0.683 e. The molecule has 0 aliphatic rings. The molecule has 2 aromatic carbocycles. The third-order valence-corrected chi connectivity index (χ3v) is 7.04. The van der Waals surface area contributed by atoms with Gasteiger partial charge in [-0.25, -0.2) is 0 Å². The minimum atomic E-state index is -0.0742. The molecule has 4 heteroatoms. The third kappa shape index (κ3) is 7.96. The molecule has 0 saturated carbocycles. The van der Waals surface area contributed by atoms with Gasteiger partial charge in [0, 0.05) is 0 Å². The van der Waals surface area contributed by atoms with Crippen LogP contribution in [0.1, 0.15) is 77.8 Å². The van der Waals surface area contributed by atoms with Crippen LogP contribution in [0.25, 0.3) is 10.6 Å². The summed E-state index contributed by atoms with van der Waals surface area (Å²) in [7, 11) is 0. The molecule has 182 valence electrons. The first kappa shape index (κ1) is 31.9. The maximum atomic E-state index is 5.03. The van der Waals surface area contributed by atoms with E-state index in [1.54, 1.807) is 0 Å². The Morgan fingerprint density at radius 3 is 1.64 bits per heavy atom. The van der Waals surface area contributed by atoms with E-state index in [2.05, 4.69) is 87.5 Å². The minimum Gasteiger partial charge on any atom is -0.683 e. The number of nitrogens with one attached hydrogen (secondary N) is 1. The van der Waals surface area contributed by atoms with Crippen LogP contribution in [0.5, 0.6) is 0 Å². The van der Waals surface area contributed by atoms with E-state index in [1.807, 2.05) is 13.8 Å². The van der Waals surface area contributed by atoms with E-state index in [4.69, 9.17) is 10.6 Å². The molecule has 0 unspecified atom stereocenters. The van der Waals surface area contributed by atoms with E-state index in [0.29, 0.717) is 0 Å². The van der Waals surface area contributed by atoms with Crippen LogP contribution < -0.4 is 5.32 Å². The van der Waals surface area contributed by atoms with Crippen molar-refractivity contribution in [1.82, 2.24) is 5.32 Å². The molecule has 0 atom stereocenters. The van der Waals surface area contributed by atoms with Crippen molar-refractivity contribution in [2.75, 3.05) is 19.6 Å². The van der Waals surface area contributed by atoms with Gasteiger partial charge in [0.1, 0.15) is 0 Å². The summed E-state index contributed by atoms with van der Waals surface area (Å²) in [5.74, 6) is 0. The van der Waals surface area contributed by atoms with Gasteiger partial charge in [0.15, 0.2) is 0 Å².